The molecule has 3 nitrogen and oxygen atoms in total. The smallest absolute Gasteiger partial charge is 0.220 e. The van der Waals surface area contributed by atoms with Crippen LogP contribution in [0.5, 0.6) is 0 Å². The molecule has 0 radical (unpaired) electrons. The Bertz CT molecular complexity index is 557. The summed E-state index contributed by atoms with van der Waals surface area (Å²) in [6.45, 7) is 3.37. The van der Waals surface area contributed by atoms with E-state index in [1.54, 1.807) is 6.07 Å². The Morgan fingerprint density at radius 3 is 2.80 bits per heavy atom. The molecule has 3 rings (SSSR count). The third-order valence-electron chi connectivity index (χ3n) is 5.64. The number of piperidine rings is 1. The molecule has 1 aliphatic heterocycles. The first-order chi connectivity index (χ1) is 12.2. The molecule has 1 saturated carbocycles. The Hall–Kier alpha value is -1.42. The fraction of sp³-hybridized carbons (Fsp3) is 0.667. The van der Waals surface area contributed by atoms with Gasteiger partial charge in [0.2, 0.25) is 5.91 Å². The predicted octanol–water partition coefficient (Wildman–Crippen LogP) is 3.92. The van der Waals surface area contributed by atoms with Crippen LogP contribution in [0, 0.1) is 11.7 Å². The highest BCUT2D eigenvalue weighted by atomic mass is 19.1. The first-order valence-corrected chi connectivity index (χ1v) is 9.95. The van der Waals surface area contributed by atoms with Gasteiger partial charge in [0.1, 0.15) is 5.82 Å². The van der Waals surface area contributed by atoms with E-state index in [1.807, 2.05) is 6.07 Å². The van der Waals surface area contributed by atoms with Crippen LogP contribution in [0.2, 0.25) is 0 Å². The first-order valence-electron chi connectivity index (χ1n) is 9.95. The molecule has 0 bridgehead atoms. The topological polar surface area (TPSA) is 32.3 Å². The van der Waals surface area contributed by atoms with Crippen molar-refractivity contribution in [3.63, 3.8) is 0 Å². The number of carbonyl (C=O) groups excluding carboxylic acids is 1. The zero-order chi connectivity index (χ0) is 17.5. The third-order valence-corrected chi connectivity index (χ3v) is 5.64. The molecule has 1 unspecified atom stereocenters. The number of nitrogens with one attached hydrogen (secondary N) is 1. The predicted molar refractivity (Wildman–Crippen MR) is 98.9 cm³/mol. The van der Waals surface area contributed by atoms with E-state index >= 15 is 0 Å². The quantitative estimate of drug-likeness (QED) is 0.847. The molecule has 25 heavy (non-hydrogen) atoms. The van der Waals surface area contributed by atoms with Crippen molar-refractivity contribution in [3.8, 4) is 0 Å². The number of hydrogen-bond acceptors (Lipinski definition) is 2. The maximum atomic E-state index is 13.2. The Balaban J connectivity index is 1.39. The van der Waals surface area contributed by atoms with Crippen LogP contribution in [0.4, 0.5) is 4.39 Å². The molecule has 1 aliphatic carbocycles. The van der Waals surface area contributed by atoms with Crippen molar-refractivity contribution in [3.05, 3.63) is 35.6 Å². The normalized spacial score (nSPS) is 22.7. The molecule has 1 atom stereocenters. The lowest BCUT2D eigenvalue weighted by Gasteiger charge is -2.36. The van der Waals surface area contributed by atoms with Gasteiger partial charge in [0, 0.05) is 25.6 Å². The number of hydrogen-bond donors (Lipinski definition) is 1. The molecule has 2 fully saturated rings. The summed E-state index contributed by atoms with van der Waals surface area (Å²) in [5, 5.41) is 3.20. The molecule has 0 spiro atoms. The highest BCUT2D eigenvalue weighted by molar-refractivity contribution is 5.76. The van der Waals surface area contributed by atoms with Gasteiger partial charge in [-0.25, -0.2) is 4.39 Å². The van der Waals surface area contributed by atoms with E-state index in [0.29, 0.717) is 12.8 Å². The minimum absolute atomic E-state index is 0.0915. The van der Waals surface area contributed by atoms with Crippen molar-refractivity contribution in [1.82, 2.24) is 10.2 Å². The second-order valence-corrected chi connectivity index (χ2v) is 7.80. The molecule has 1 aromatic rings. The fourth-order valence-corrected chi connectivity index (χ4v) is 4.32. The zero-order valence-corrected chi connectivity index (χ0v) is 15.2. The average molecular weight is 346 g/mol. The van der Waals surface area contributed by atoms with Gasteiger partial charge in [0.15, 0.2) is 0 Å². The van der Waals surface area contributed by atoms with Crippen LogP contribution in [0.25, 0.3) is 0 Å². The number of halogens is 1. The summed E-state index contributed by atoms with van der Waals surface area (Å²) >= 11 is 0. The molecular formula is C21H31FN2O. The van der Waals surface area contributed by atoms with Crippen LogP contribution in [0.1, 0.15) is 56.9 Å². The number of amides is 1. The van der Waals surface area contributed by atoms with E-state index in [1.165, 1.54) is 63.7 Å². The summed E-state index contributed by atoms with van der Waals surface area (Å²) < 4.78 is 13.2. The van der Waals surface area contributed by atoms with Gasteiger partial charge in [-0.1, -0.05) is 31.4 Å². The molecule has 2 aliphatic rings. The Kier molecular flexibility index (Phi) is 6.85. The minimum Gasteiger partial charge on any atom is -0.352 e. The van der Waals surface area contributed by atoms with Crippen LogP contribution < -0.4 is 5.32 Å². The lowest BCUT2D eigenvalue weighted by Crippen LogP contribution is -2.49. The summed E-state index contributed by atoms with van der Waals surface area (Å²) in [6, 6.07) is 6.81. The number of likely N-dealkylation sites (tertiary alicyclic amines) is 1. The highest BCUT2D eigenvalue weighted by Crippen LogP contribution is 2.25. The molecule has 4 heteroatoms. The van der Waals surface area contributed by atoms with Gasteiger partial charge in [-0.05, 0) is 62.3 Å². The van der Waals surface area contributed by atoms with Gasteiger partial charge >= 0.3 is 0 Å². The SMILES string of the molecule is O=C(CCc1cccc(F)c1)NC1CCCN(CC2CCCCC2)C1. The molecule has 1 saturated heterocycles. The second kappa shape index (κ2) is 9.33. The van der Waals surface area contributed by atoms with Gasteiger partial charge < -0.3 is 10.2 Å². The zero-order valence-electron chi connectivity index (χ0n) is 15.2. The van der Waals surface area contributed by atoms with Crippen LogP contribution in [-0.2, 0) is 11.2 Å². The maximum Gasteiger partial charge on any atom is 0.220 e. The summed E-state index contributed by atoms with van der Waals surface area (Å²) in [5.74, 6) is 0.716. The summed E-state index contributed by atoms with van der Waals surface area (Å²) in [7, 11) is 0. The molecule has 1 aromatic carbocycles. The Morgan fingerprint density at radius 2 is 2.00 bits per heavy atom. The molecular weight excluding hydrogens is 315 g/mol. The highest BCUT2D eigenvalue weighted by Gasteiger charge is 2.24. The van der Waals surface area contributed by atoms with Crippen LogP contribution >= 0.6 is 0 Å². The number of benzene rings is 1. The lowest BCUT2D eigenvalue weighted by atomic mass is 9.88. The molecule has 0 aromatic heterocycles. The number of rotatable bonds is 6. The van der Waals surface area contributed by atoms with Crippen LogP contribution in [0.15, 0.2) is 24.3 Å². The summed E-state index contributed by atoms with van der Waals surface area (Å²) in [5.41, 5.74) is 0.887. The number of aryl methyl sites for hydroxylation is 1. The standard InChI is InChI=1S/C21H31FN2O/c22-19-9-4-8-17(14-19)11-12-21(25)23-20-10-5-13-24(16-20)15-18-6-2-1-3-7-18/h4,8-9,14,18,20H,1-3,5-7,10-13,15-16H2,(H,23,25). The Morgan fingerprint density at radius 1 is 1.16 bits per heavy atom. The van der Waals surface area contributed by atoms with Gasteiger partial charge in [-0.15, -0.1) is 0 Å². The summed E-state index contributed by atoms with van der Waals surface area (Å²) in [4.78, 5) is 14.8. The third kappa shape index (κ3) is 6.10. The number of nitrogens with zero attached hydrogens (tertiary/aromatic N) is 1. The summed E-state index contributed by atoms with van der Waals surface area (Å²) in [6.07, 6.45) is 10.2. The van der Waals surface area contributed by atoms with E-state index in [-0.39, 0.29) is 17.8 Å². The van der Waals surface area contributed by atoms with Gasteiger partial charge in [-0.3, -0.25) is 4.79 Å². The van der Waals surface area contributed by atoms with E-state index < -0.39 is 0 Å². The van der Waals surface area contributed by atoms with Crippen molar-refractivity contribution < 1.29 is 9.18 Å². The monoisotopic (exact) mass is 346 g/mol. The van der Waals surface area contributed by atoms with Crippen molar-refractivity contribution in [2.24, 2.45) is 5.92 Å². The second-order valence-electron chi connectivity index (χ2n) is 7.80. The molecule has 1 N–H and O–H groups in total. The van der Waals surface area contributed by atoms with Crippen molar-refractivity contribution in [2.75, 3.05) is 19.6 Å². The van der Waals surface area contributed by atoms with E-state index in [4.69, 9.17) is 0 Å². The van der Waals surface area contributed by atoms with Crippen LogP contribution in [-0.4, -0.2) is 36.5 Å². The number of carbonyl (C=O) groups is 1. The first kappa shape index (κ1) is 18.4. The van der Waals surface area contributed by atoms with Crippen molar-refractivity contribution in [1.29, 1.82) is 0 Å². The van der Waals surface area contributed by atoms with Gasteiger partial charge in [0.05, 0.1) is 0 Å². The van der Waals surface area contributed by atoms with Crippen LogP contribution in [0.3, 0.4) is 0 Å². The van der Waals surface area contributed by atoms with E-state index in [9.17, 15) is 9.18 Å². The fourth-order valence-electron chi connectivity index (χ4n) is 4.32. The maximum absolute atomic E-state index is 13.2. The van der Waals surface area contributed by atoms with Crippen molar-refractivity contribution in [2.45, 2.75) is 63.8 Å². The lowest BCUT2D eigenvalue weighted by molar-refractivity contribution is -0.122. The molecule has 1 amide bonds. The average Bonchev–Trinajstić information content (AvgIpc) is 2.61. The molecule has 1 heterocycles. The molecule has 138 valence electrons. The largest absolute Gasteiger partial charge is 0.352 e. The van der Waals surface area contributed by atoms with Crippen molar-refractivity contribution >= 4 is 5.91 Å². The van der Waals surface area contributed by atoms with Gasteiger partial charge in [0.25, 0.3) is 0 Å². The van der Waals surface area contributed by atoms with E-state index in [0.717, 1.165) is 24.4 Å². The minimum atomic E-state index is -0.233. The Labute approximate surface area is 151 Å². The van der Waals surface area contributed by atoms with Gasteiger partial charge in [-0.2, -0.15) is 0 Å². The van der Waals surface area contributed by atoms with E-state index in [2.05, 4.69) is 10.2 Å².